The average Bonchev–Trinajstić information content (AvgIpc) is 3.62. The fraction of sp³-hybridized carbons (Fsp3) is 0. The van der Waals surface area contributed by atoms with Crippen molar-refractivity contribution < 1.29 is 0 Å². The highest BCUT2D eigenvalue weighted by Gasteiger charge is 2.15. The number of pyridine rings is 4. The molecule has 0 amide bonds. The minimum absolute atomic E-state index is 0.818. The summed E-state index contributed by atoms with van der Waals surface area (Å²) in [5, 5.41) is 3.41. The van der Waals surface area contributed by atoms with E-state index in [-0.39, 0.29) is 0 Å². The molecule has 6 heterocycles. The molecule has 0 N–H and O–H groups in total. The zero-order chi connectivity index (χ0) is 29.0. The summed E-state index contributed by atoms with van der Waals surface area (Å²) in [7, 11) is 0. The van der Waals surface area contributed by atoms with E-state index >= 15 is 0 Å². The molecule has 0 atom stereocenters. The van der Waals surface area contributed by atoms with Gasteiger partial charge in [-0.05, 0) is 66.7 Å². The van der Waals surface area contributed by atoms with Crippen LogP contribution in [-0.2, 0) is 0 Å². The molecule has 6 heteroatoms. The van der Waals surface area contributed by atoms with Crippen molar-refractivity contribution in [2.75, 3.05) is 0 Å². The number of rotatable bonds is 4. The summed E-state index contributed by atoms with van der Waals surface area (Å²) in [6, 6.07) is 43.7. The molecular weight excluding hydrogens is 540 g/mol. The maximum absolute atomic E-state index is 5.10. The minimum atomic E-state index is 0.818. The molecule has 206 valence electrons. The predicted octanol–water partition coefficient (Wildman–Crippen LogP) is 8.79. The lowest BCUT2D eigenvalue weighted by atomic mass is 10.1. The highest BCUT2D eigenvalue weighted by molar-refractivity contribution is 6.09. The number of aromatic nitrogens is 6. The smallest absolute Gasteiger partial charge is 0.138 e. The van der Waals surface area contributed by atoms with Gasteiger partial charge in [-0.1, -0.05) is 60.7 Å². The van der Waals surface area contributed by atoms with Crippen LogP contribution < -0.4 is 0 Å². The van der Waals surface area contributed by atoms with Gasteiger partial charge in [0.25, 0.3) is 0 Å². The lowest BCUT2D eigenvalue weighted by Gasteiger charge is -2.11. The quantitative estimate of drug-likeness (QED) is 0.214. The summed E-state index contributed by atoms with van der Waals surface area (Å²) in [6.07, 6.45) is 5.61. The molecule has 9 rings (SSSR count). The van der Waals surface area contributed by atoms with Gasteiger partial charge in [0.2, 0.25) is 0 Å². The Morgan fingerprint density at radius 1 is 0.432 bits per heavy atom. The van der Waals surface area contributed by atoms with Gasteiger partial charge in [-0.3, -0.25) is 14.5 Å². The molecule has 0 spiro atoms. The Morgan fingerprint density at radius 2 is 1.11 bits per heavy atom. The minimum Gasteiger partial charge on any atom is -0.308 e. The van der Waals surface area contributed by atoms with Crippen molar-refractivity contribution >= 4 is 43.7 Å². The van der Waals surface area contributed by atoms with Gasteiger partial charge in [-0.25, -0.2) is 9.97 Å². The Labute approximate surface area is 252 Å². The summed E-state index contributed by atoms with van der Waals surface area (Å²) < 4.78 is 4.47. The van der Waals surface area contributed by atoms with Crippen LogP contribution in [0.5, 0.6) is 0 Å². The first-order chi connectivity index (χ1) is 21.8. The van der Waals surface area contributed by atoms with Crippen molar-refractivity contribution in [3.05, 3.63) is 146 Å². The van der Waals surface area contributed by atoms with Crippen LogP contribution in [0.1, 0.15) is 0 Å². The van der Waals surface area contributed by atoms with Crippen LogP contribution in [0.3, 0.4) is 0 Å². The van der Waals surface area contributed by atoms with Crippen LogP contribution in [0.2, 0.25) is 0 Å². The van der Waals surface area contributed by atoms with Crippen LogP contribution in [-0.4, -0.2) is 29.1 Å². The summed E-state index contributed by atoms with van der Waals surface area (Å²) in [4.78, 5) is 19.2. The monoisotopic (exact) mass is 564 g/mol. The topological polar surface area (TPSA) is 61.4 Å². The molecule has 0 bridgehead atoms. The van der Waals surface area contributed by atoms with Crippen LogP contribution in [0.4, 0.5) is 0 Å². The van der Waals surface area contributed by atoms with Gasteiger partial charge in [-0.15, -0.1) is 0 Å². The van der Waals surface area contributed by atoms with Gasteiger partial charge in [0, 0.05) is 46.0 Å². The Bertz CT molecular complexity index is 2400. The van der Waals surface area contributed by atoms with Gasteiger partial charge in [0.05, 0.1) is 44.7 Å². The molecule has 0 aliphatic carbocycles. The third-order valence-corrected chi connectivity index (χ3v) is 8.30. The first kappa shape index (κ1) is 24.5. The van der Waals surface area contributed by atoms with Crippen molar-refractivity contribution in [1.29, 1.82) is 0 Å². The van der Waals surface area contributed by atoms with E-state index in [1.54, 1.807) is 0 Å². The number of nitrogens with zero attached hydrogens (tertiary/aromatic N) is 6. The molecule has 6 aromatic heterocycles. The van der Waals surface area contributed by atoms with Crippen molar-refractivity contribution in [2.24, 2.45) is 0 Å². The van der Waals surface area contributed by atoms with Crippen molar-refractivity contribution in [3.63, 3.8) is 0 Å². The summed E-state index contributed by atoms with van der Waals surface area (Å²) in [5.74, 6) is 0.845. The number of hydrogen-bond donors (Lipinski definition) is 0. The highest BCUT2D eigenvalue weighted by Crippen LogP contribution is 2.33. The van der Waals surface area contributed by atoms with Crippen molar-refractivity contribution in [1.82, 2.24) is 29.1 Å². The van der Waals surface area contributed by atoms with Gasteiger partial charge >= 0.3 is 0 Å². The maximum atomic E-state index is 5.10. The van der Waals surface area contributed by atoms with E-state index in [1.165, 1.54) is 0 Å². The number of hydrogen-bond acceptors (Lipinski definition) is 4. The van der Waals surface area contributed by atoms with Crippen molar-refractivity contribution in [3.8, 4) is 34.2 Å². The third kappa shape index (κ3) is 3.75. The second-order valence-corrected chi connectivity index (χ2v) is 10.8. The number of benzene rings is 3. The molecule has 0 radical (unpaired) electrons. The van der Waals surface area contributed by atoms with Gasteiger partial charge in [0.15, 0.2) is 0 Å². The van der Waals surface area contributed by atoms with Crippen LogP contribution in [0.15, 0.2) is 146 Å². The summed E-state index contributed by atoms with van der Waals surface area (Å²) >= 11 is 0. The first-order valence-corrected chi connectivity index (χ1v) is 14.6. The van der Waals surface area contributed by atoms with E-state index in [0.29, 0.717) is 0 Å². The van der Waals surface area contributed by atoms with Gasteiger partial charge in [0.1, 0.15) is 5.82 Å². The maximum Gasteiger partial charge on any atom is 0.138 e. The molecule has 0 aliphatic heterocycles. The molecular formula is C38H24N6. The van der Waals surface area contributed by atoms with Crippen molar-refractivity contribution in [2.45, 2.75) is 0 Å². The fourth-order valence-electron chi connectivity index (χ4n) is 6.33. The first-order valence-electron chi connectivity index (χ1n) is 14.6. The molecule has 0 unspecified atom stereocenters. The second kappa shape index (κ2) is 9.71. The Morgan fingerprint density at radius 3 is 1.98 bits per heavy atom. The van der Waals surface area contributed by atoms with Crippen LogP contribution in [0, 0.1) is 0 Å². The van der Waals surface area contributed by atoms with Crippen LogP contribution in [0.25, 0.3) is 77.9 Å². The largest absolute Gasteiger partial charge is 0.308 e. The standard InChI is InChI=1S/C38H24N6/c1-3-13-33-27(8-1)29-24-39-23-21-35(29)44(33)37-16-6-12-32(42-37)31-11-5-10-30(41-31)25-17-19-26(20-18-25)43-34-14-4-2-9-28(34)38-36(43)15-7-22-40-38/h1-24H. The number of para-hydroxylation sites is 2. The Hall–Kier alpha value is -6.14. The van der Waals surface area contributed by atoms with Gasteiger partial charge < -0.3 is 4.57 Å². The highest BCUT2D eigenvalue weighted by atomic mass is 15.1. The molecule has 0 fully saturated rings. The lowest BCUT2D eigenvalue weighted by molar-refractivity contribution is 1.08. The van der Waals surface area contributed by atoms with Gasteiger partial charge in [-0.2, -0.15) is 0 Å². The third-order valence-electron chi connectivity index (χ3n) is 8.30. The molecule has 6 nitrogen and oxygen atoms in total. The summed E-state index contributed by atoms with van der Waals surface area (Å²) in [6.45, 7) is 0. The van der Waals surface area contributed by atoms with E-state index in [0.717, 1.165) is 77.9 Å². The zero-order valence-corrected chi connectivity index (χ0v) is 23.5. The molecule has 0 saturated carbocycles. The summed E-state index contributed by atoms with van der Waals surface area (Å²) in [5.41, 5.74) is 10.1. The normalized spacial score (nSPS) is 11.6. The lowest BCUT2D eigenvalue weighted by Crippen LogP contribution is -1.99. The number of fused-ring (bicyclic) bond motifs is 6. The molecule has 3 aromatic carbocycles. The fourth-order valence-corrected chi connectivity index (χ4v) is 6.33. The molecule has 0 saturated heterocycles. The molecule has 9 aromatic rings. The Balaban J connectivity index is 1.11. The molecule has 0 aliphatic rings. The average molecular weight is 565 g/mol. The van der Waals surface area contributed by atoms with E-state index in [1.807, 2.05) is 67.1 Å². The Kier molecular flexibility index (Phi) is 5.40. The van der Waals surface area contributed by atoms with E-state index in [2.05, 4.69) is 98.0 Å². The SMILES string of the molecule is c1cc(-c2ccc(-n3c4ccccc4c4ncccc43)cc2)nc(-c2cccc(-n3c4ccccc4c4cnccc43)n2)c1. The van der Waals surface area contributed by atoms with E-state index in [4.69, 9.17) is 9.97 Å². The molecule has 44 heavy (non-hydrogen) atoms. The van der Waals surface area contributed by atoms with E-state index < -0.39 is 0 Å². The predicted molar refractivity (Wildman–Crippen MR) is 177 cm³/mol. The van der Waals surface area contributed by atoms with Crippen LogP contribution >= 0.6 is 0 Å². The zero-order valence-electron chi connectivity index (χ0n) is 23.5. The second-order valence-electron chi connectivity index (χ2n) is 10.8. The van der Waals surface area contributed by atoms with E-state index in [9.17, 15) is 0 Å².